The van der Waals surface area contributed by atoms with Crippen molar-refractivity contribution in [2.75, 3.05) is 31.6 Å². The summed E-state index contributed by atoms with van der Waals surface area (Å²) < 4.78 is 6.72. The van der Waals surface area contributed by atoms with Gasteiger partial charge in [-0.3, -0.25) is 14.4 Å². The van der Waals surface area contributed by atoms with Crippen molar-refractivity contribution in [1.29, 1.82) is 0 Å². The van der Waals surface area contributed by atoms with Crippen LogP contribution in [0.3, 0.4) is 0 Å². The van der Waals surface area contributed by atoms with Crippen molar-refractivity contribution in [2.24, 2.45) is 5.73 Å². The summed E-state index contributed by atoms with van der Waals surface area (Å²) in [6, 6.07) is 3.44. The maximum atomic E-state index is 11.9. The molecule has 3 aromatic rings. The van der Waals surface area contributed by atoms with E-state index >= 15 is 0 Å². The highest BCUT2D eigenvalue weighted by molar-refractivity contribution is 7.19. The van der Waals surface area contributed by atoms with Crippen LogP contribution < -0.4 is 11.1 Å². The van der Waals surface area contributed by atoms with Crippen molar-refractivity contribution in [3.8, 4) is 10.6 Å². The lowest BCUT2D eigenvalue weighted by atomic mass is 10.2. The molecule has 3 aromatic heterocycles. The van der Waals surface area contributed by atoms with Crippen molar-refractivity contribution in [3.63, 3.8) is 0 Å². The number of carbonyl (C=O) groups is 1. The van der Waals surface area contributed by atoms with Crippen LogP contribution in [0.2, 0.25) is 0 Å². The van der Waals surface area contributed by atoms with E-state index in [0.29, 0.717) is 34.4 Å². The lowest BCUT2D eigenvalue weighted by molar-refractivity contribution is 0.0331. The lowest BCUT2D eigenvalue weighted by Crippen LogP contribution is -2.36. The Morgan fingerprint density at radius 2 is 2.21 bits per heavy atom. The monoisotopic (exact) mass is 399 g/mol. The average Bonchev–Trinajstić information content (AvgIpc) is 3.29. The van der Waals surface area contributed by atoms with E-state index in [0.717, 1.165) is 31.2 Å². The molecule has 1 aliphatic rings. The number of primary amides is 1. The number of hydrogen-bond acceptors (Lipinski definition) is 9. The minimum Gasteiger partial charge on any atom is -0.379 e. The number of amides is 1. The van der Waals surface area contributed by atoms with Crippen molar-refractivity contribution in [2.45, 2.75) is 6.54 Å². The van der Waals surface area contributed by atoms with E-state index < -0.39 is 5.91 Å². The normalized spacial score (nSPS) is 14.9. The smallest absolute Gasteiger partial charge is 0.251 e. The molecule has 1 saturated heterocycles. The Morgan fingerprint density at radius 1 is 1.39 bits per heavy atom. The first-order chi connectivity index (χ1) is 13.6. The number of nitrogens with one attached hydrogen (secondary N) is 1. The van der Waals surface area contributed by atoms with E-state index in [1.165, 1.54) is 16.0 Å². The van der Waals surface area contributed by atoms with Crippen LogP contribution in [-0.2, 0) is 11.3 Å². The van der Waals surface area contributed by atoms with Crippen molar-refractivity contribution < 1.29 is 9.53 Å². The van der Waals surface area contributed by atoms with Crippen LogP contribution >= 0.6 is 11.3 Å². The van der Waals surface area contributed by atoms with Gasteiger partial charge in [-0.2, -0.15) is 0 Å². The Balaban J connectivity index is 1.55. The molecule has 0 aromatic carbocycles. The molecule has 0 saturated carbocycles. The van der Waals surface area contributed by atoms with E-state index in [-0.39, 0.29) is 0 Å². The van der Waals surface area contributed by atoms with Crippen LogP contribution in [0.5, 0.6) is 0 Å². The number of carbonyl (C=O) groups excluding carboxylic acids is 1. The molecule has 10 nitrogen and oxygen atoms in total. The fourth-order valence-electron chi connectivity index (χ4n) is 2.82. The van der Waals surface area contributed by atoms with Crippen LogP contribution in [0.4, 0.5) is 10.8 Å². The van der Waals surface area contributed by atoms with E-state index in [1.807, 2.05) is 0 Å². The molecule has 0 unspecified atom stereocenters. The molecular weight excluding hydrogens is 380 g/mol. The Kier molecular flexibility index (Phi) is 5.28. The van der Waals surface area contributed by atoms with E-state index in [1.54, 1.807) is 24.5 Å². The Labute approximate surface area is 165 Å². The van der Waals surface area contributed by atoms with Gasteiger partial charge in [0.15, 0.2) is 0 Å². The van der Waals surface area contributed by atoms with Gasteiger partial charge in [0, 0.05) is 19.3 Å². The average molecular weight is 399 g/mol. The number of anilines is 2. The van der Waals surface area contributed by atoms with Gasteiger partial charge in [-0.1, -0.05) is 5.21 Å². The van der Waals surface area contributed by atoms with Crippen LogP contribution in [0.25, 0.3) is 10.6 Å². The molecule has 28 heavy (non-hydrogen) atoms. The first-order valence-corrected chi connectivity index (χ1v) is 9.46. The fourth-order valence-corrected chi connectivity index (χ4v) is 3.84. The second-order valence-electron chi connectivity index (χ2n) is 6.23. The summed E-state index contributed by atoms with van der Waals surface area (Å²) >= 11 is 1.35. The Bertz CT molecular complexity index is 979. The minimum atomic E-state index is -0.533. The molecule has 1 radical (unpaired) electrons. The van der Waals surface area contributed by atoms with Crippen LogP contribution in [-0.4, -0.2) is 62.1 Å². The largest absolute Gasteiger partial charge is 0.379 e. The number of rotatable bonds is 6. The van der Waals surface area contributed by atoms with Gasteiger partial charge >= 0.3 is 0 Å². The summed E-state index contributed by atoms with van der Waals surface area (Å²) in [5, 5.41) is 11.6. The van der Waals surface area contributed by atoms with Gasteiger partial charge in [-0.25, -0.2) is 9.97 Å². The Hall–Kier alpha value is -2.89. The zero-order chi connectivity index (χ0) is 19.5. The van der Waals surface area contributed by atoms with Gasteiger partial charge < -0.3 is 15.8 Å². The summed E-state index contributed by atoms with van der Waals surface area (Å²) in [7, 11) is 3.67. The maximum Gasteiger partial charge on any atom is 0.251 e. The summed E-state index contributed by atoms with van der Waals surface area (Å²) in [5.74, 6) is 0.758. The zero-order valence-corrected chi connectivity index (χ0v) is 15.9. The molecule has 145 valence electrons. The SMILES string of the molecule is [CH2]n1cc(-c2cc(C(N)=O)c(Nc3ccnc(CN4CCOCC4)n3)s2)nn1. The Morgan fingerprint density at radius 3 is 2.93 bits per heavy atom. The minimum absolute atomic E-state index is 0.368. The topological polar surface area (TPSA) is 124 Å². The highest BCUT2D eigenvalue weighted by atomic mass is 32.1. The fraction of sp³-hybridized carbons (Fsp3) is 0.294. The van der Waals surface area contributed by atoms with Crippen molar-refractivity contribution in [1.82, 2.24) is 29.9 Å². The number of ether oxygens (including phenoxy) is 1. The molecule has 0 bridgehead atoms. The van der Waals surface area contributed by atoms with Gasteiger partial charge in [-0.15, -0.1) is 16.4 Å². The molecule has 3 N–H and O–H groups in total. The number of morpholine rings is 1. The summed E-state index contributed by atoms with van der Waals surface area (Å²) in [6.45, 7) is 3.79. The number of nitrogens with two attached hydrogens (primary N) is 1. The van der Waals surface area contributed by atoms with E-state index in [4.69, 9.17) is 10.5 Å². The second-order valence-corrected chi connectivity index (χ2v) is 7.28. The van der Waals surface area contributed by atoms with Crippen LogP contribution in [0.15, 0.2) is 24.5 Å². The van der Waals surface area contributed by atoms with Gasteiger partial charge in [-0.05, 0) is 12.1 Å². The van der Waals surface area contributed by atoms with E-state index in [2.05, 4.69) is 37.5 Å². The molecule has 1 aliphatic heterocycles. The van der Waals surface area contributed by atoms with Crippen molar-refractivity contribution >= 4 is 28.1 Å². The standard InChI is InChI=1S/C17H19N8O2S/c1-24-9-12(22-23-24)13-8-11(16(18)26)17(28-13)21-14-2-3-19-15(20-14)10-25-4-6-27-7-5-25/h2-3,8-9H,1,4-7,10H2,(H2,18,26)(H,19,20,21). The lowest BCUT2D eigenvalue weighted by Gasteiger charge is -2.25. The molecular formula is C17H19N8O2S. The molecule has 1 amide bonds. The predicted octanol–water partition coefficient (Wildman–Crippen LogP) is 1.11. The maximum absolute atomic E-state index is 11.9. The number of thiophene rings is 1. The zero-order valence-electron chi connectivity index (χ0n) is 15.0. The predicted molar refractivity (Wildman–Crippen MR) is 104 cm³/mol. The quantitative estimate of drug-likeness (QED) is 0.632. The van der Waals surface area contributed by atoms with Crippen LogP contribution in [0.1, 0.15) is 16.2 Å². The number of hydrogen-bond donors (Lipinski definition) is 2. The highest BCUT2D eigenvalue weighted by Crippen LogP contribution is 2.35. The van der Waals surface area contributed by atoms with Gasteiger partial charge in [0.1, 0.15) is 22.3 Å². The third-order valence-electron chi connectivity index (χ3n) is 4.20. The third-order valence-corrected chi connectivity index (χ3v) is 5.28. The molecule has 0 atom stereocenters. The first-order valence-electron chi connectivity index (χ1n) is 8.65. The summed E-state index contributed by atoms with van der Waals surface area (Å²) in [4.78, 5) is 23.8. The molecule has 0 spiro atoms. The summed E-state index contributed by atoms with van der Waals surface area (Å²) in [6.07, 6.45) is 3.36. The molecule has 0 aliphatic carbocycles. The molecule has 4 heterocycles. The van der Waals surface area contributed by atoms with Gasteiger partial charge in [0.2, 0.25) is 0 Å². The van der Waals surface area contributed by atoms with E-state index in [9.17, 15) is 4.79 Å². The third kappa shape index (κ3) is 4.16. The highest BCUT2D eigenvalue weighted by Gasteiger charge is 2.18. The molecule has 1 fully saturated rings. The van der Waals surface area contributed by atoms with Crippen molar-refractivity contribution in [3.05, 3.63) is 43.0 Å². The van der Waals surface area contributed by atoms with Gasteiger partial charge in [0.25, 0.3) is 5.91 Å². The molecule has 11 heteroatoms. The van der Waals surface area contributed by atoms with Gasteiger partial charge in [0.05, 0.1) is 43.4 Å². The van der Waals surface area contributed by atoms with Crippen LogP contribution in [0, 0.1) is 7.05 Å². The molecule has 4 rings (SSSR count). The number of nitrogens with zero attached hydrogens (tertiary/aromatic N) is 6. The number of aromatic nitrogens is 5. The first kappa shape index (κ1) is 18.5. The summed E-state index contributed by atoms with van der Waals surface area (Å²) in [5.41, 5.74) is 6.53. The second kappa shape index (κ2) is 8.00.